The monoisotopic (exact) mass is 403 g/mol. The number of aryl methyl sites for hydroxylation is 2. The summed E-state index contributed by atoms with van der Waals surface area (Å²) in [7, 11) is 0. The maximum atomic E-state index is 5.65. The third-order valence-corrected chi connectivity index (χ3v) is 5.61. The van der Waals surface area contributed by atoms with Crippen molar-refractivity contribution in [3.8, 4) is 22.6 Å². The van der Waals surface area contributed by atoms with E-state index in [1.807, 2.05) is 29.9 Å². The summed E-state index contributed by atoms with van der Waals surface area (Å²) in [6, 6.07) is 8.53. The highest BCUT2D eigenvalue weighted by Crippen LogP contribution is 2.35. The third-order valence-electron chi connectivity index (χ3n) is 5.61. The Morgan fingerprint density at radius 3 is 2.90 bits per heavy atom. The minimum atomic E-state index is 0.252. The predicted octanol–water partition coefficient (Wildman–Crippen LogP) is 3.44. The Bertz CT molecular complexity index is 1180. The molecular formula is C22H25N7O. The summed E-state index contributed by atoms with van der Waals surface area (Å²) in [5.41, 5.74) is 5.71. The summed E-state index contributed by atoms with van der Waals surface area (Å²) in [4.78, 5) is 12.0. The zero-order valence-corrected chi connectivity index (χ0v) is 17.5. The van der Waals surface area contributed by atoms with Crippen molar-refractivity contribution in [1.82, 2.24) is 29.9 Å². The van der Waals surface area contributed by atoms with Gasteiger partial charge in [0.15, 0.2) is 0 Å². The molecule has 0 radical (unpaired) electrons. The number of anilines is 1. The molecule has 4 aromatic rings. The Morgan fingerprint density at radius 1 is 1.23 bits per heavy atom. The van der Waals surface area contributed by atoms with E-state index in [2.05, 4.69) is 51.2 Å². The molecule has 154 valence electrons. The van der Waals surface area contributed by atoms with E-state index in [9.17, 15) is 0 Å². The van der Waals surface area contributed by atoms with Crippen molar-refractivity contribution in [2.75, 3.05) is 24.7 Å². The summed E-state index contributed by atoms with van der Waals surface area (Å²) >= 11 is 0. The normalized spacial score (nSPS) is 17.0. The van der Waals surface area contributed by atoms with E-state index in [4.69, 9.17) is 9.72 Å². The molecule has 30 heavy (non-hydrogen) atoms. The quantitative estimate of drug-likeness (QED) is 0.562. The molecule has 1 aliphatic heterocycles. The second-order valence-electron chi connectivity index (χ2n) is 7.66. The van der Waals surface area contributed by atoms with Gasteiger partial charge in [-0.05, 0) is 45.0 Å². The van der Waals surface area contributed by atoms with Gasteiger partial charge in [0.05, 0.1) is 36.3 Å². The number of hydrogen-bond acceptors (Lipinski definition) is 6. The van der Waals surface area contributed by atoms with Gasteiger partial charge < -0.3 is 9.64 Å². The minimum Gasteiger partial charge on any atom is -0.377 e. The standard InChI is InChI=1S/C22H25N7O/c1-4-29-19(11-14(2)27-29)17-12-20(28-9-10-30-13-15(28)3)25-21-16(17)5-7-23-22(21)18-6-8-24-26-18/h5-8,11-12,15H,4,9-10,13H2,1-3H3,(H,24,26)/t15-/m1/s1. The Morgan fingerprint density at radius 2 is 2.13 bits per heavy atom. The molecule has 8 heteroatoms. The van der Waals surface area contributed by atoms with Crippen LogP contribution in [0.1, 0.15) is 19.5 Å². The summed E-state index contributed by atoms with van der Waals surface area (Å²) in [6.45, 7) is 9.32. The number of H-pyrrole nitrogens is 1. The van der Waals surface area contributed by atoms with Crippen LogP contribution in [0.25, 0.3) is 33.5 Å². The number of aromatic amines is 1. The van der Waals surface area contributed by atoms with E-state index < -0.39 is 0 Å². The van der Waals surface area contributed by atoms with Crippen molar-refractivity contribution < 1.29 is 4.74 Å². The van der Waals surface area contributed by atoms with Gasteiger partial charge in [0.25, 0.3) is 0 Å². The molecule has 1 saturated heterocycles. The largest absolute Gasteiger partial charge is 0.377 e. The maximum absolute atomic E-state index is 5.65. The lowest BCUT2D eigenvalue weighted by Crippen LogP contribution is -2.44. The smallest absolute Gasteiger partial charge is 0.130 e. The highest BCUT2D eigenvalue weighted by atomic mass is 16.5. The van der Waals surface area contributed by atoms with Crippen LogP contribution < -0.4 is 4.90 Å². The number of hydrogen-bond donors (Lipinski definition) is 1. The van der Waals surface area contributed by atoms with Crippen molar-refractivity contribution in [2.24, 2.45) is 0 Å². The summed E-state index contributed by atoms with van der Waals surface area (Å²) in [5, 5.41) is 12.9. The molecule has 0 aliphatic carbocycles. The van der Waals surface area contributed by atoms with Gasteiger partial charge in [0, 0.05) is 36.4 Å². The number of ether oxygens (including phenoxy) is 1. The summed E-state index contributed by atoms with van der Waals surface area (Å²) in [5.74, 6) is 0.934. The fourth-order valence-electron chi connectivity index (χ4n) is 4.15. The van der Waals surface area contributed by atoms with Crippen LogP contribution in [-0.4, -0.2) is 55.7 Å². The molecule has 5 heterocycles. The number of morpholine rings is 1. The second kappa shape index (κ2) is 7.53. The maximum Gasteiger partial charge on any atom is 0.130 e. The Balaban J connectivity index is 1.80. The molecule has 5 rings (SSSR count). The number of pyridine rings is 2. The van der Waals surface area contributed by atoms with Crippen LogP contribution in [-0.2, 0) is 11.3 Å². The van der Waals surface area contributed by atoms with E-state index in [1.54, 1.807) is 6.20 Å². The molecular weight excluding hydrogens is 378 g/mol. The number of fused-ring (bicyclic) bond motifs is 1. The topological polar surface area (TPSA) is 84.8 Å². The Hall–Kier alpha value is -3.26. The SMILES string of the molecule is CCn1nc(C)cc1-c1cc(N2CCOC[C@H]2C)nc2c(-c3ccn[nH]3)nccc12. The van der Waals surface area contributed by atoms with Gasteiger partial charge in [-0.2, -0.15) is 10.2 Å². The zero-order chi connectivity index (χ0) is 20.7. The number of rotatable bonds is 4. The Labute approximate surface area is 174 Å². The van der Waals surface area contributed by atoms with E-state index in [0.717, 1.165) is 58.1 Å². The van der Waals surface area contributed by atoms with Crippen LogP contribution >= 0.6 is 0 Å². The van der Waals surface area contributed by atoms with E-state index >= 15 is 0 Å². The van der Waals surface area contributed by atoms with Crippen LogP contribution in [0, 0.1) is 6.92 Å². The lowest BCUT2D eigenvalue weighted by Gasteiger charge is -2.34. The van der Waals surface area contributed by atoms with Crippen molar-refractivity contribution >= 4 is 16.7 Å². The van der Waals surface area contributed by atoms with Crippen LogP contribution in [0.4, 0.5) is 5.82 Å². The molecule has 0 saturated carbocycles. The van der Waals surface area contributed by atoms with Gasteiger partial charge in [0.2, 0.25) is 0 Å². The van der Waals surface area contributed by atoms with Gasteiger partial charge >= 0.3 is 0 Å². The van der Waals surface area contributed by atoms with Gasteiger partial charge in [-0.1, -0.05) is 0 Å². The second-order valence-corrected chi connectivity index (χ2v) is 7.66. The van der Waals surface area contributed by atoms with E-state index in [-0.39, 0.29) is 6.04 Å². The van der Waals surface area contributed by atoms with Gasteiger partial charge in [-0.15, -0.1) is 0 Å². The average molecular weight is 403 g/mol. The first-order valence-corrected chi connectivity index (χ1v) is 10.3. The molecule has 0 amide bonds. The van der Waals surface area contributed by atoms with Gasteiger partial charge in [-0.3, -0.25) is 14.8 Å². The summed E-state index contributed by atoms with van der Waals surface area (Å²) in [6.07, 6.45) is 3.57. The first-order chi connectivity index (χ1) is 14.7. The van der Waals surface area contributed by atoms with Crippen LogP contribution in [0.5, 0.6) is 0 Å². The fraction of sp³-hybridized carbons (Fsp3) is 0.364. The number of nitrogens with one attached hydrogen (secondary N) is 1. The Kier molecular flexibility index (Phi) is 4.71. The molecule has 0 spiro atoms. The number of aromatic nitrogens is 6. The molecule has 0 unspecified atom stereocenters. The first-order valence-electron chi connectivity index (χ1n) is 10.3. The molecule has 0 aromatic carbocycles. The molecule has 1 N–H and O–H groups in total. The lowest BCUT2D eigenvalue weighted by molar-refractivity contribution is 0.0986. The third kappa shape index (κ3) is 3.13. The van der Waals surface area contributed by atoms with Gasteiger partial charge in [-0.25, -0.2) is 4.98 Å². The van der Waals surface area contributed by atoms with Gasteiger partial charge in [0.1, 0.15) is 17.0 Å². The van der Waals surface area contributed by atoms with Crippen LogP contribution in [0.2, 0.25) is 0 Å². The molecule has 1 atom stereocenters. The minimum absolute atomic E-state index is 0.252. The average Bonchev–Trinajstić information content (AvgIpc) is 3.42. The molecule has 1 aliphatic rings. The molecule has 8 nitrogen and oxygen atoms in total. The van der Waals surface area contributed by atoms with Crippen LogP contribution in [0.15, 0.2) is 36.7 Å². The van der Waals surface area contributed by atoms with Crippen molar-refractivity contribution in [3.63, 3.8) is 0 Å². The summed E-state index contributed by atoms with van der Waals surface area (Å²) < 4.78 is 7.70. The van der Waals surface area contributed by atoms with Crippen molar-refractivity contribution in [1.29, 1.82) is 0 Å². The first kappa shape index (κ1) is 18.7. The predicted molar refractivity (Wildman–Crippen MR) is 116 cm³/mol. The molecule has 4 aromatic heterocycles. The van der Waals surface area contributed by atoms with Crippen molar-refractivity contribution in [2.45, 2.75) is 33.4 Å². The number of nitrogens with zero attached hydrogens (tertiary/aromatic N) is 6. The fourth-order valence-corrected chi connectivity index (χ4v) is 4.15. The van der Waals surface area contributed by atoms with E-state index in [1.165, 1.54) is 0 Å². The van der Waals surface area contributed by atoms with E-state index in [0.29, 0.717) is 13.2 Å². The molecule has 0 bridgehead atoms. The highest BCUT2D eigenvalue weighted by molar-refractivity contribution is 6.01. The van der Waals surface area contributed by atoms with Crippen molar-refractivity contribution in [3.05, 3.63) is 42.4 Å². The lowest BCUT2D eigenvalue weighted by atomic mass is 10.0. The van der Waals surface area contributed by atoms with Crippen LogP contribution in [0.3, 0.4) is 0 Å². The zero-order valence-electron chi connectivity index (χ0n) is 17.5. The molecule has 1 fully saturated rings. The highest BCUT2D eigenvalue weighted by Gasteiger charge is 2.24.